The summed E-state index contributed by atoms with van der Waals surface area (Å²) in [7, 11) is 1.96. The molecule has 2 aliphatic heterocycles. The third-order valence-electron chi connectivity index (χ3n) is 8.05. The average Bonchev–Trinajstić information content (AvgIpc) is 3.59. The average molecular weight is 819 g/mol. The molecule has 2 unspecified atom stereocenters. The first-order valence-corrected chi connectivity index (χ1v) is 18.1. The summed E-state index contributed by atoms with van der Waals surface area (Å²) in [5.41, 5.74) is 4.51. The van der Waals surface area contributed by atoms with Gasteiger partial charge in [0.25, 0.3) is 5.91 Å². The number of carbonyl (C=O) groups is 3. The van der Waals surface area contributed by atoms with E-state index >= 15 is 0 Å². The maximum atomic E-state index is 14.3. The van der Waals surface area contributed by atoms with Crippen LogP contribution in [0.15, 0.2) is 136 Å². The number of fused-ring (bicyclic) bond motifs is 1. The summed E-state index contributed by atoms with van der Waals surface area (Å²) >= 11 is 4.38. The van der Waals surface area contributed by atoms with Crippen molar-refractivity contribution in [3.05, 3.63) is 148 Å². The molecule has 248 valence electrons. The number of benzene rings is 3. The van der Waals surface area contributed by atoms with E-state index in [1.807, 2.05) is 133 Å². The summed E-state index contributed by atoms with van der Waals surface area (Å²) in [5.74, 6) is -0.737. The quantitative estimate of drug-likeness (QED) is 0.100. The minimum Gasteiger partial charge on any atom is -1.00 e. The van der Waals surface area contributed by atoms with Gasteiger partial charge in [0.1, 0.15) is 24.2 Å². The lowest BCUT2D eigenvalue weighted by Gasteiger charge is -2.49. The van der Waals surface area contributed by atoms with E-state index in [4.69, 9.17) is 9.72 Å². The largest absolute Gasteiger partial charge is 1.00 e. The molecule has 49 heavy (non-hydrogen) atoms. The number of thioether (sulfide) groups is 2. The summed E-state index contributed by atoms with van der Waals surface area (Å²) in [6.45, 7) is 0. The Kier molecular flexibility index (Phi) is 11.2. The van der Waals surface area contributed by atoms with Gasteiger partial charge in [0.2, 0.25) is 5.91 Å². The highest BCUT2D eigenvalue weighted by Crippen LogP contribution is 2.47. The van der Waals surface area contributed by atoms with Gasteiger partial charge in [0.05, 0.1) is 12.1 Å². The van der Waals surface area contributed by atoms with Gasteiger partial charge in [-0.2, -0.15) is 0 Å². The van der Waals surface area contributed by atoms with Gasteiger partial charge in [-0.1, -0.05) is 103 Å². The fraction of sp³-hybridized carbons (Fsp3) is 0.162. The number of hydrogen-bond acceptors (Lipinski definition) is 8. The number of thiazole rings is 1. The first-order valence-electron chi connectivity index (χ1n) is 15.4. The predicted molar refractivity (Wildman–Crippen MR) is 188 cm³/mol. The van der Waals surface area contributed by atoms with Gasteiger partial charge in [0.15, 0.2) is 22.8 Å². The Bertz CT molecular complexity index is 1940. The van der Waals surface area contributed by atoms with Gasteiger partial charge >= 0.3 is 5.97 Å². The van der Waals surface area contributed by atoms with Crippen molar-refractivity contribution in [1.82, 2.24) is 15.2 Å². The standard InChI is InChI=1S/C37H30N4O4S3.HI/c1-40-19-17-25(18-20-40)28-22-47-37(38-28)48-29-23-46-35-31(39-30(42)21-24-11-5-2-6-12-24)34(43)41(35)32(29)36(44)45-33(26-13-7-3-8-14-26)27-15-9-4-10-16-27;/h2-20,22,31,33,35H,21,23H2,1H3;1H. The molecule has 0 spiro atoms. The number of amides is 2. The van der Waals surface area contributed by atoms with Crippen LogP contribution < -0.4 is 33.9 Å². The number of nitrogens with one attached hydrogen (secondary N) is 1. The van der Waals surface area contributed by atoms with Crippen molar-refractivity contribution in [3.63, 3.8) is 0 Å². The number of nitrogens with zero attached hydrogens (tertiary/aromatic N) is 3. The van der Waals surface area contributed by atoms with Crippen molar-refractivity contribution in [1.29, 1.82) is 0 Å². The topological polar surface area (TPSA) is 92.5 Å². The van der Waals surface area contributed by atoms with Gasteiger partial charge in [-0.25, -0.2) is 14.3 Å². The van der Waals surface area contributed by atoms with E-state index in [9.17, 15) is 14.4 Å². The molecule has 0 saturated carbocycles. The van der Waals surface area contributed by atoms with Crippen LogP contribution in [0, 0.1) is 0 Å². The summed E-state index contributed by atoms with van der Waals surface area (Å²) in [4.78, 5) is 48.1. The third kappa shape index (κ3) is 7.77. The minimum absolute atomic E-state index is 0. The molecule has 1 N–H and O–H groups in total. The molecule has 1 saturated heterocycles. The maximum absolute atomic E-state index is 14.3. The first-order chi connectivity index (χ1) is 23.4. The van der Waals surface area contributed by atoms with Crippen LogP contribution in [-0.2, 0) is 32.6 Å². The maximum Gasteiger partial charge on any atom is 0.356 e. The Morgan fingerprint density at radius 2 is 1.57 bits per heavy atom. The molecule has 2 amide bonds. The SMILES string of the molecule is C[n+]1ccc(-c2csc(SC3=C(C(=O)OC(c4ccccc4)c4ccccc4)N4C(=O)C(NC(=O)Cc5ccccc5)C4SC3)n2)cc1.[I-]. The van der Waals surface area contributed by atoms with Crippen molar-refractivity contribution in [2.45, 2.75) is 28.3 Å². The zero-order chi connectivity index (χ0) is 33.0. The number of halogens is 1. The summed E-state index contributed by atoms with van der Waals surface area (Å²) in [5, 5.41) is 4.46. The van der Waals surface area contributed by atoms with Crippen LogP contribution >= 0.6 is 34.9 Å². The second-order valence-electron chi connectivity index (χ2n) is 11.3. The number of rotatable bonds is 10. The fourth-order valence-corrected chi connectivity index (χ4v) is 9.08. The van der Waals surface area contributed by atoms with Gasteiger partial charge in [0, 0.05) is 33.7 Å². The Labute approximate surface area is 314 Å². The number of aryl methyl sites for hydroxylation is 1. The second-order valence-corrected chi connectivity index (χ2v) is 14.7. The number of pyridine rings is 1. The van der Waals surface area contributed by atoms with Crippen LogP contribution in [0.4, 0.5) is 0 Å². The zero-order valence-electron chi connectivity index (χ0n) is 26.3. The Hall–Kier alpha value is -3.98. The molecule has 1 fully saturated rings. The minimum atomic E-state index is -0.745. The monoisotopic (exact) mass is 818 g/mol. The molecule has 2 aliphatic rings. The molecule has 2 aromatic heterocycles. The molecule has 4 heterocycles. The summed E-state index contributed by atoms with van der Waals surface area (Å²) < 4.78 is 9.00. The van der Waals surface area contributed by atoms with E-state index in [2.05, 4.69) is 5.32 Å². The molecular weight excluding hydrogens is 788 g/mol. The van der Waals surface area contributed by atoms with Crippen LogP contribution in [0.2, 0.25) is 0 Å². The molecule has 0 aliphatic carbocycles. The van der Waals surface area contributed by atoms with E-state index in [-0.39, 0.29) is 47.9 Å². The fourth-order valence-electron chi connectivity index (χ4n) is 5.63. The highest BCUT2D eigenvalue weighted by atomic mass is 127. The van der Waals surface area contributed by atoms with Gasteiger partial charge in [-0.15, -0.1) is 23.1 Å². The van der Waals surface area contributed by atoms with Crippen LogP contribution in [0.5, 0.6) is 0 Å². The molecule has 0 bridgehead atoms. The van der Waals surface area contributed by atoms with E-state index in [0.29, 0.717) is 10.7 Å². The summed E-state index contributed by atoms with van der Waals surface area (Å²) in [6.07, 6.45) is 3.41. The lowest BCUT2D eigenvalue weighted by atomic mass is 10.0. The Morgan fingerprint density at radius 1 is 0.959 bits per heavy atom. The van der Waals surface area contributed by atoms with Gasteiger partial charge in [-0.3, -0.25) is 14.5 Å². The normalized spacial score (nSPS) is 16.8. The van der Waals surface area contributed by atoms with Crippen molar-refractivity contribution < 1.29 is 47.7 Å². The first kappa shape index (κ1) is 34.9. The van der Waals surface area contributed by atoms with Crippen molar-refractivity contribution in [2.24, 2.45) is 7.05 Å². The third-order valence-corrected chi connectivity index (χ3v) is 11.5. The Morgan fingerprint density at radius 3 is 2.20 bits per heavy atom. The molecule has 3 aromatic carbocycles. The molecule has 8 nitrogen and oxygen atoms in total. The van der Waals surface area contributed by atoms with E-state index in [1.165, 1.54) is 39.8 Å². The van der Waals surface area contributed by atoms with E-state index in [0.717, 1.165) is 32.3 Å². The van der Waals surface area contributed by atoms with Crippen LogP contribution in [-0.4, -0.2) is 44.8 Å². The lowest BCUT2D eigenvalue weighted by molar-refractivity contribution is -0.671. The van der Waals surface area contributed by atoms with Gasteiger partial charge < -0.3 is 34.0 Å². The molecule has 2 atom stereocenters. The highest BCUT2D eigenvalue weighted by Gasteiger charge is 2.55. The van der Waals surface area contributed by atoms with Crippen LogP contribution in [0.1, 0.15) is 22.8 Å². The van der Waals surface area contributed by atoms with Crippen LogP contribution in [0.3, 0.4) is 0 Å². The molecular formula is C37H31IN4O4S3. The number of carbonyl (C=O) groups excluding carboxylic acids is 3. The van der Waals surface area contributed by atoms with Crippen LogP contribution in [0.25, 0.3) is 11.3 Å². The van der Waals surface area contributed by atoms with E-state index in [1.54, 1.807) is 0 Å². The van der Waals surface area contributed by atoms with Gasteiger partial charge in [-0.05, 0) is 16.7 Å². The number of esters is 1. The summed E-state index contributed by atoms with van der Waals surface area (Å²) in [6, 6.07) is 31.8. The Balaban J connectivity index is 0.00000417. The second kappa shape index (κ2) is 15.7. The lowest BCUT2D eigenvalue weighted by Crippen LogP contribution is -3.00. The molecule has 0 radical (unpaired) electrons. The van der Waals surface area contributed by atoms with Crippen molar-refractivity contribution in [3.8, 4) is 11.3 Å². The number of aromatic nitrogens is 2. The molecule has 5 aromatic rings. The number of hydrogen-bond donors (Lipinski definition) is 1. The number of ether oxygens (including phenoxy) is 1. The molecule has 12 heteroatoms. The number of β-lactam (4-membered cyclic amide) rings is 1. The van der Waals surface area contributed by atoms with Crippen molar-refractivity contribution >= 4 is 52.6 Å². The highest BCUT2D eigenvalue weighted by molar-refractivity contribution is 8.07. The smallest absolute Gasteiger partial charge is 0.356 e. The zero-order valence-corrected chi connectivity index (χ0v) is 30.9. The molecule has 7 rings (SSSR count). The predicted octanol–water partition coefficient (Wildman–Crippen LogP) is 2.92. The van der Waals surface area contributed by atoms with Crippen molar-refractivity contribution in [2.75, 3.05) is 5.75 Å². The van der Waals surface area contributed by atoms with E-state index < -0.39 is 23.5 Å².